The number of benzene rings is 1. The molecule has 0 saturated heterocycles. The van der Waals surface area contributed by atoms with Gasteiger partial charge in [-0.2, -0.15) is 0 Å². The molecule has 0 N–H and O–H groups in total. The highest BCUT2D eigenvalue weighted by molar-refractivity contribution is 7.91. The van der Waals surface area contributed by atoms with Gasteiger partial charge in [-0.3, -0.25) is 0 Å². The molecular weight excluding hydrogens is 291 g/mol. The zero-order chi connectivity index (χ0) is 13.2. The van der Waals surface area contributed by atoms with E-state index in [1.54, 1.807) is 24.3 Å². The van der Waals surface area contributed by atoms with Crippen LogP contribution in [0.15, 0.2) is 35.2 Å². The molecule has 0 radical (unpaired) electrons. The lowest BCUT2D eigenvalue weighted by molar-refractivity contribution is 0.394. The summed E-state index contributed by atoms with van der Waals surface area (Å²) in [5, 5.41) is -0.140. The van der Waals surface area contributed by atoms with Gasteiger partial charge in [-0.05, 0) is 37.3 Å². The molecule has 0 unspecified atom stereocenters. The average molecular weight is 307 g/mol. The van der Waals surface area contributed by atoms with Crippen molar-refractivity contribution in [2.24, 2.45) is 5.92 Å². The van der Waals surface area contributed by atoms with Crippen molar-refractivity contribution in [1.29, 1.82) is 0 Å². The van der Waals surface area contributed by atoms with E-state index in [9.17, 15) is 8.42 Å². The number of rotatable bonds is 3. The van der Waals surface area contributed by atoms with Gasteiger partial charge in [0.25, 0.3) is 0 Å². The van der Waals surface area contributed by atoms with Crippen LogP contribution in [0.1, 0.15) is 19.3 Å². The van der Waals surface area contributed by atoms with Gasteiger partial charge in [0.1, 0.15) is 0 Å². The minimum Gasteiger partial charge on any atom is -0.224 e. The van der Waals surface area contributed by atoms with Gasteiger partial charge in [0, 0.05) is 5.38 Å². The molecule has 2 rings (SSSR count). The highest BCUT2D eigenvalue weighted by Crippen LogP contribution is 2.33. The average Bonchev–Trinajstić information content (AvgIpc) is 2.35. The van der Waals surface area contributed by atoms with Crippen molar-refractivity contribution >= 4 is 33.0 Å². The summed E-state index contributed by atoms with van der Waals surface area (Å²) in [5.41, 5.74) is 0. The number of hydrogen-bond donors (Lipinski definition) is 0. The third-order valence-electron chi connectivity index (χ3n) is 3.36. The van der Waals surface area contributed by atoms with E-state index in [-0.39, 0.29) is 22.4 Å². The quantitative estimate of drug-likeness (QED) is 0.801. The maximum atomic E-state index is 12.2. The predicted molar refractivity (Wildman–Crippen MR) is 75.1 cm³/mol. The number of sulfone groups is 1. The summed E-state index contributed by atoms with van der Waals surface area (Å²) in [4.78, 5) is 0.393. The Balaban J connectivity index is 2.06. The summed E-state index contributed by atoms with van der Waals surface area (Å²) in [7, 11) is -3.20. The fourth-order valence-electron chi connectivity index (χ4n) is 2.35. The van der Waals surface area contributed by atoms with Gasteiger partial charge < -0.3 is 0 Å². The lowest BCUT2D eigenvalue weighted by Crippen LogP contribution is -2.29. The molecule has 1 saturated carbocycles. The maximum absolute atomic E-state index is 12.2. The first kappa shape index (κ1) is 14.2. The number of alkyl halides is 2. The van der Waals surface area contributed by atoms with Crippen molar-refractivity contribution in [2.45, 2.75) is 34.9 Å². The highest BCUT2D eigenvalue weighted by atomic mass is 35.5. The summed E-state index contributed by atoms with van der Waals surface area (Å²) in [6.07, 6.45) is 2.32. The van der Waals surface area contributed by atoms with E-state index in [2.05, 4.69) is 0 Å². The Labute approximate surface area is 118 Å². The summed E-state index contributed by atoms with van der Waals surface area (Å²) < 4.78 is 24.4. The van der Waals surface area contributed by atoms with Crippen molar-refractivity contribution in [1.82, 2.24) is 0 Å². The predicted octanol–water partition coefficient (Wildman–Crippen LogP) is 3.48. The van der Waals surface area contributed by atoms with E-state index < -0.39 is 9.84 Å². The summed E-state index contributed by atoms with van der Waals surface area (Å²) in [6.45, 7) is 0. The zero-order valence-electron chi connectivity index (χ0n) is 9.93. The second kappa shape index (κ2) is 5.81. The monoisotopic (exact) mass is 306 g/mol. The molecule has 1 aromatic rings. The summed E-state index contributed by atoms with van der Waals surface area (Å²) >= 11 is 12.1. The normalized spacial score (nSPS) is 29.1. The minimum atomic E-state index is -3.20. The number of hydrogen-bond acceptors (Lipinski definition) is 2. The Morgan fingerprint density at radius 3 is 2.33 bits per heavy atom. The van der Waals surface area contributed by atoms with E-state index in [1.165, 1.54) is 0 Å². The van der Waals surface area contributed by atoms with Gasteiger partial charge in [0.05, 0.1) is 16.0 Å². The smallest absolute Gasteiger partial charge is 0.178 e. The van der Waals surface area contributed by atoms with Crippen molar-refractivity contribution in [2.75, 3.05) is 5.75 Å². The van der Waals surface area contributed by atoms with Crippen molar-refractivity contribution in [3.63, 3.8) is 0 Å². The van der Waals surface area contributed by atoms with Gasteiger partial charge in [-0.1, -0.05) is 18.2 Å². The van der Waals surface area contributed by atoms with Crippen LogP contribution in [-0.2, 0) is 9.84 Å². The first-order chi connectivity index (χ1) is 8.49. The van der Waals surface area contributed by atoms with E-state index in [0.717, 1.165) is 12.8 Å². The summed E-state index contributed by atoms with van der Waals surface area (Å²) in [5.74, 6) is 0.289. The summed E-state index contributed by atoms with van der Waals surface area (Å²) in [6, 6.07) is 8.58. The van der Waals surface area contributed by atoms with Crippen LogP contribution < -0.4 is 0 Å². The Morgan fingerprint density at radius 2 is 1.72 bits per heavy atom. The van der Waals surface area contributed by atoms with Crippen molar-refractivity contribution < 1.29 is 8.42 Å². The van der Waals surface area contributed by atoms with E-state index in [0.29, 0.717) is 11.3 Å². The van der Waals surface area contributed by atoms with Crippen LogP contribution in [0, 0.1) is 5.92 Å². The van der Waals surface area contributed by atoms with Crippen LogP contribution in [0.3, 0.4) is 0 Å². The highest BCUT2D eigenvalue weighted by Gasteiger charge is 2.31. The first-order valence-corrected chi connectivity index (χ1v) is 8.57. The van der Waals surface area contributed by atoms with E-state index >= 15 is 0 Å². The SMILES string of the molecule is O=S(=O)(C[C@H]1CC[C@@H](Cl)[C@H](Cl)C1)c1ccccc1. The molecule has 1 aliphatic rings. The molecule has 0 bridgehead atoms. The first-order valence-electron chi connectivity index (χ1n) is 6.05. The Kier molecular flexibility index (Phi) is 4.57. The topological polar surface area (TPSA) is 34.1 Å². The van der Waals surface area contributed by atoms with Crippen LogP contribution >= 0.6 is 23.2 Å². The molecule has 0 spiro atoms. The fraction of sp³-hybridized carbons (Fsp3) is 0.538. The minimum absolute atomic E-state index is 0.0256. The van der Waals surface area contributed by atoms with E-state index in [4.69, 9.17) is 23.2 Å². The second-order valence-electron chi connectivity index (χ2n) is 4.81. The van der Waals surface area contributed by atoms with Gasteiger partial charge in [-0.15, -0.1) is 23.2 Å². The molecule has 100 valence electrons. The Bertz CT molecular complexity index is 487. The van der Waals surface area contributed by atoms with Crippen LogP contribution in [0.5, 0.6) is 0 Å². The van der Waals surface area contributed by atoms with Crippen LogP contribution in [-0.4, -0.2) is 24.9 Å². The van der Waals surface area contributed by atoms with E-state index in [1.807, 2.05) is 6.07 Å². The van der Waals surface area contributed by atoms with Crippen LogP contribution in [0.2, 0.25) is 0 Å². The molecule has 18 heavy (non-hydrogen) atoms. The zero-order valence-corrected chi connectivity index (χ0v) is 12.3. The van der Waals surface area contributed by atoms with Crippen LogP contribution in [0.25, 0.3) is 0 Å². The van der Waals surface area contributed by atoms with Gasteiger partial charge in [-0.25, -0.2) is 8.42 Å². The molecule has 1 aromatic carbocycles. The molecule has 0 heterocycles. The lowest BCUT2D eigenvalue weighted by Gasteiger charge is -2.28. The van der Waals surface area contributed by atoms with Gasteiger partial charge in [0.15, 0.2) is 9.84 Å². The lowest BCUT2D eigenvalue weighted by atomic mass is 9.90. The third kappa shape index (κ3) is 3.40. The second-order valence-corrected chi connectivity index (χ2v) is 7.96. The molecular formula is C13H16Cl2O2S. The molecule has 5 heteroatoms. The Morgan fingerprint density at radius 1 is 1.06 bits per heavy atom. The van der Waals surface area contributed by atoms with Crippen molar-refractivity contribution in [3.8, 4) is 0 Å². The van der Waals surface area contributed by atoms with Crippen LogP contribution in [0.4, 0.5) is 0 Å². The molecule has 1 fully saturated rings. The van der Waals surface area contributed by atoms with Gasteiger partial charge >= 0.3 is 0 Å². The Hall–Kier alpha value is -0.250. The van der Waals surface area contributed by atoms with Crippen molar-refractivity contribution in [3.05, 3.63) is 30.3 Å². The third-order valence-corrected chi connectivity index (χ3v) is 6.39. The molecule has 2 nitrogen and oxygen atoms in total. The molecule has 0 amide bonds. The molecule has 1 aliphatic carbocycles. The largest absolute Gasteiger partial charge is 0.224 e. The molecule has 0 aliphatic heterocycles. The molecule has 3 atom stereocenters. The number of halogens is 2. The fourth-order valence-corrected chi connectivity index (χ4v) is 4.64. The maximum Gasteiger partial charge on any atom is 0.178 e. The molecule has 0 aromatic heterocycles. The standard InChI is InChI=1S/C13H16Cl2O2S/c14-12-7-6-10(8-13(12)15)9-18(16,17)11-4-2-1-3-5-11/h1-5,10,12-13H,6-9H2/t10-,12+,13+/m0/s1. The van der Waals surface area contributed by atoms with Gasteiger partial charge in [0.2, 0.25) is 0 Å².